The number of hydrogen-bond donors (Lipinski definition) is 2. The Balaban J connectivity index is 0. The lowest BCUT2D eigenvalue weighted by atomic mass is 10.1. The first-order chi connectivity index (χ1) is 6.90. The standard InChI is InChI=1S/C7H15NO3.HNO3/c1-2-4-7(9)5-3-6-8(10)11;2-1(3)4/h7,9H,2-6H2,1H3;(H,2,3,4). The minimum Gasteiger partial charge on any atom is -0.393 e. The van der Waals surface area contributed by atoms with E-state index < -0.39 is 5.09 Å². The van der Waals surface area contributed by atoms with Gasteiger partial charge in [0.15, 0.2) is 0 Å². The molecule has 1 atom stereocenters. The van der Waals surface area contributed by atoms with Crippen molar-refractivity contribution >= 4 is 0 Å². The maximum Gasteiger partial charge on any atom is 0.291 e. The molecule has 0 fully saturated rings. The highest BCUT2D eigenvalue weighted by atomic mass is 16.9. The third kappa shape index (κ3) is 24.5. The average molecular weight is 224 g/mol. The van der Waals surface area contributed by atoms with Crippen molar-refractivity contribution in [3.8, 4) is 0 Å². The molecule has 1 unspecified atom stereocenters. The van der Waals surface area contributed by atoms with Crippen molar-refractivity contribution in [1.29, 1.82) is 0 Å². The van der Waals surface area contributed by atoms with Crippen LogP contribution in [0.4, 0.5) is 0 Å². The summed E-state index contributed by atoms with van der Waals surface area (Å²) in [5.41, 5.74) is 0. The van der Waals surface area contributed by atoms with Gasteiger partial charge in [-0.15, -0.1) is 10.1 Å². The summed E-state index contributed by atoms with van der Waals surface area (Å²) in [6.07, 6.45) is 2.36. The zero-order chi connectivity index (χ0) is 12.3. The molecule has 2 N–H and O–H groups in total. The average Bonchev–Trinajstić information content (AvgIpc) is 2.02. The Labute approximate surface area is 86.8 Å². The first-order valence-corrected chi connectivity index (χ1v) is 4.53. The van der Waals surface area contributed by atoms with Crippen LogP contribution in [-0.2, 0) is 0 Å². The first kappa shape index (κ1) is 16.0. The summed E-state index contributed by atoms with van der Waals surface area (Å²) in [6.45, 7) is 1.96. The lowest BCUT2D eigenvalue weighted by Crippen LogP contribution is -2.09. The third-order valence-corrected chi connectivity index (χ3v) is 1.50. The van der Waals surface area contributed by atoms with E-state index in [0.29, 0.717) is 12.8 Å². The van der Waals surface area contributed by atoms with Gasteiger partial charge in [-0.25, -0.2) is 0 Å². The molecule has 0 saturated heterocycles. The van der Waals surface area contributed by atoms with Gasteiger partial charge in [0.1, 0.15) is 0 Å². The summed E-state index contributed by atoms with van der Waals surface area (Å²) < 4.78 is 0. The quantitative estimate of drug-likeness (QED) is 0.508. The Morgan fingerprint density at radius 1 is 1.27 bits per heavy atom. The predicted octanol–water partition coefficient (Wildman–Crippen LogP) is 0.857. The van der Waals surface area contributed by atoms with Crippen molar-refractivity contribution in [3.05, 3.63) is 20.2 Å². The van der Waals surface area contributed by atoms with E-state index in [1.165, 1.54) is 0 Å². The third-order valence-electron chi connectivity index (χ3n) is 1.50. The van der Waals surface area contributed by atoms with Gasteiger partial charge < -0.3 is 10.3 Å². The summed E-state index contributed by atoms with van der Waals surface area (Å²) in [7, 11) is 0. The van der Waals surface area contributed by atoms with E-state index in [4.69, 9.17) is 20.4 Å². The number of nitro groups is 1. The number of hydrogen-bond acceptors (Lipinski definition) is 5. The second kappa shape index (κ2) is 10.6. The van der Waals surface area contributed by atoms with Crippen LogP contribution in [0.3, 0.4) is 0 Å². The van der Waals surface area contributed by atoms with Gasteiger partial charge in [-0.05, 0) is 12.8 Å². The molecule has 8 nitrogen and oxygen atoms in total. The molecular weight excluding hydrogens is 208 g/mol. The Bertz CT molecular complexity index is 182. The maximum atomic E-state index is 9.86. The molecule has 0 aromatic carbocycles. The van der Waals surface area contributed by atoms with Crippen molar-refractivity contribution in [2.24, 2.45) is 0 Å². The van der Waals surface area contributed by atoms with E-state index in [-0.39, 0.29) is 17.6 Å². The van der Waals surface area contributed by atoms with E-state index in [1.54, 1.807) is 0 Å². The van der Waals surface area contributed by atoms with Gasteiger partial charge >= 0.3 is 0 Å². The zero-order valence-electron chi connectivity index (χ0n) is 8.53. The minimum absolute atomic E-state index is 0.0270. The largest absolute Gasteiger partial charge is 0.393 e. The minimum atomic E-state index is -1.50. The highest BCUT2D eigenvalue weighted by Crippen LogP contribution is 2.03. The van der Waals surface area contributed by atoms with Gasteiger partial charge in [0, 0.05) is 11.3 Å². The fourth-order valence-corrected chi connectivity index (χ4v) is 0.934. The molecule has 0 heterocycles. The van der Waals surface area contributed by atoms with Crippen LogP contribution in [-0.4, -0.2) is 33.0 Å². The van der Waals surface area contributed by atoms with Crippen LogP contribution in [0.1, 0.15) is 32.6 Å². The smallest absolute Gasteiger partial charge is 0.291 e. The topological polar surface area (TPSA) is 127 Å². The summed E-state index contributed by atoms with van der Waals surface area (Å²) in [6, 6.07) is 0. The van der Waals surface area contributed by atoms with E-state index in [0.717, 1.165) is 12.8 Å². The molecule has 0 aromatic heterocycles. The zero-order valence-corrected chi connectivity index (χ0v) is 8.53. The number of rotatable bonds is 6. The molecule has 90 valence electrons. The van der Waals surface area contributed by atoms with Gasteiger partial charge in [0.25, 0.3) is 5.09 Å². The molecule has 0 aliphatic heterocycles. The maximum absolute atomic E-state index is 9.86. The molecule has 0 aromatic rings. The van der Waals surface area contributed by atoms with Crippen LogP contribution in [0.2, 0.25) is 0 Å². The SMILES string of the molecule is CCCC(O)CCC[N+](=O)[O-].O=[N+]([O-])O. The molecule has 0 amide bonds. The Hall–Kier alpha value is -1.44. The highest BCUT2D eigenvalue weighted by molar-refractivity contribution is 4.53. The van der Waals surface area contributed by atoms with Crippen LogP contribution >= 0.6 is 0 Å². The van der Waals surface area contributed by atoms with Crippen molar-refractivity contribution in [2.75, 3.05) is 6.54 Å². The summed E-state index contributed by atoms with van der Waals surface area (Å²) in [5, 5.41) is 32.6. The molecule has 0 aliphatic rings. The molecule has 15 heavy (non-hydrogen) atoms. The molecule has 0 saturated carbocycles. The normalized spacial score (nSPS) is 11.1. The Morgan fingerprint density at radius 2 is 1.73 bits per heavy atom. The second-order valence-electron chi connectivity index (χ2n) is 2.88. The molecule has 0 radical (unpaired) electrons. The Kier molecular flexibility index (Phi) is 11.4. The van der Waals surface area contributed by atoms with E-state index in [1.807, 2.05) is 6.92 Å². The van der Waals surface area contributed by atoms with Crippen molar-refractivity contribution in [1.82, 2.24) is 0 Å². The molecule has 8 heteroatoms. The molecule has 0 bridgehead atoms. The van der Waals surface area contributed by atoms with E-state index in [9.17, 15) is 10.1 Å². The summed E-state index contributed by atoms with van der Waals surface area (Å²) >= 11 is 0. The van der Waals surface area contributed by atoms with Crippen molar-refractivity contribution in [3.63, 3.8) is 0 Å². The van der Waals surface area contributed by atoms with Crippen molar-refractivity contribution < 1.29 is 20.3 Å². The Morgan fingerprint density at radius 3 is 2.07 bits per heavy atom. The first-order valence-electron chi connectivity index (χ1n) is 4.53. The highest BCUT2D eigenvalue weighted by Gasteiger charge is 2.04. The van der Waals surface area contributed by atoms with Gasteiger partial charge in [-0.3, -0.25) is 10.1 Å². The van der Waals surface area contributed by atoms with Crippen LogP contribution in [0.25, 0.3) is 0 Å². The lowest BCUT2D eigenvalue weighted by molar-refractivity contribution is -0.742. The number of aliphatic hydroxyl groups excluding tert-OH is 1. The molecule has 0 rings (SSSR count). The molecular formula is C7H16N2O6. The van der Waals surface area contributed by atoms with Crippen LogP contribution in [0.5, 0.6) is 0 Å². The second-order valence-corrected chi connectivity index (χ2v) is 2.88. The molecule has 0 aliphatic carbocycles. The van der Waals surface area contributed by atoms with Crippen LogP contribution in [0, 0.1) is 20.2 Å². The summed E-state index contributed by atoms with van der Waals surface area (Å²) in [5.74, 6) is 0. The monoisotopic (exact) mass is 224 g/mol. The fourth-order valence-electron chi connectivity index (χ4n) is 0.934. The predicted molar refractivity (Wildman–Crippen MR) is 50.8 cm³/mol. The number of nitrogens with zero attached hydrogens (tertiary/aromatic N) is 2. The van der Waals surface area contributed by atoms with E-state index in [2.05, 4.69) is 0 Å². The summed E-state index contributed by atoms with van der Waals surface area (Å²) in [4.78, 5) is 17.9. The van der Waals surface area contributed by atoms with Gasteiger partial charge in [-0.2, -0.15) is 0 Å². The number of aliphatic hydroxyl groups is 1. The van der Waals surface area contributed by atoms with Crippen LogP contribution in [0.15, 0.2) is 0 Å². The molecule has 0 spiro atoms. The van der Waals surface area contributed by atoms with E-state index >= 15 is 0 Å². The van der Waals surface area contributed by atoms with Gasteiger partial charge in [-0.1, -0.05) is 13.3 Å². The van der Waals surface area contributed by atoms with Gasteiger partial charge in [0.2, 0.25) is 6.54 Å². The van der Waals surface area contributed by atoms with Crippen LogP contribution < -0.4 is 0 Å². The van der Waals surface area contributed by atoms with Crippen molar-refractivity contribution in [2.45, 2.75) is 38.7 Å². The van der Waals surface area contributed by atoms with Gasteiger partial charge in [0.05, 0.1) is 6.10 Å². The fraction of sp³-hybridized carbons (Fsp3) is 1.00. The lowest BCUT2D eigenvalue weighted by Gasteiger charge is -2.05.